The fraction of sp³-hybridized carbons (Fsp3) is 0.833. The summed E-state index contributed by atoms with van der Waals surface area (Å²) in [5.41, 5.74) is 4.87. The maximum Gasteiger partial charge on any atom is 0.404 e. The van der Waals surface area contributed by atoms with Crippen LogP contribution < -0.4 is 5.73 Å². The van der Waals surface area contributed by atoms with E-state index in [0.717, 1.165) is 19.3 Å². The second-order valence-corrected chi connectivity index (χ2v) is 6.04. The maximum absolute atomic E-state index is 10.7. The molecule has 1 fully saturated rings. The van der Waals surface area contributed by atoms with E-state index in [-0.39, 0.29) is 23.5 Å². The Bertz CT molecular complexity index is 348. The topological polar surface area (TPSA) is 81.8 Å². The van der Waals surface area contributed by atoms with Gasteiger partial charge in [-0.1, -0.05) is 20.8 Å². The Labute approximate surface area is 101 Å². The summed E-state index contributed by atoms with van der Waals surface area (Å²) in [6.07, 6.45) is 3.35. The van der Waals surface area contributed by atoms with E-state index < -0.39 is 6.09 Å². The Kier molecular flexibility index (Phi) is 3.94. The third-order valence-corrected chi connectivity index (χ3v) is 3.22. The number of isocyanates is 1. The monoisotopic (exact) mass is 240 g/mol. The molecule has 0 aliphatic heterocycles. The number of ether oxygens (including phenoxy) is 1. The van der Waals surface area contributed by atoms with Crippen molar-refractivity contribution in [3.05, 3.63) is 0 Å². The van der Waals surface area contributed by atoms with Gasteiger partial charge in [-0.05, 0) is 24.7 Å². The van der Waals surface area contributed by atoms with Crippen molar-refractivity contribution in [2.45, 2.75) is 46.1 Å². The quantitative estimate of drug-likeness (QED) is 0.605. The standard InChI is InChI=1S/C12H20N2O3/c1-11(2)4-9(14-8-15)5-12(3,6-11)7-17-10(13)16/h9H,4-7H2,1-3H3,(H2,13,16). The first kappa shape index (κ1) is 13.7. The molecule has 0 aromatic carbocycles. The summed E-state index contributed by atoms with van der Waals surface area (Å²) in [5.74, 6) is 0. The summed E-state index contributed by atoms with van der Waals surface area (Å²) in [6.45, 7) is 6.56. The number of primary amides is 1. The maximum atomic E-state index is 10.7. The lowest BCUT2D eigenvalue weighted by Crippen LogP contribution is -2.41. The van der Waals surface area contributed by atoms with Crippen molar-refractivity contribution < 1.29 is 14.3 Å². The third kappa shape index (κ3) is 4.19. The molecule has 1 aliphatic carbocycles. The molecule has 2 unspecified atom stereocenters. The average Bonchev–Trinajstić information content (AvgIpc) is 2.12. The molecule has 17 heavy (non-hydrogen) atoms. The van der Waals surface area contributed by atoms with Gasteiger partial charge in [0.15, 0.2) is 0 Å². The zero-order chi connectivity index (χ0) is 13.1. The van der Waals surface area contributed by atoms with Crippen LogP contribution in [0.2, 0.25) is 0 Å². The summed E-state index contributed by atoms with van der Waals surface area (Å²) < 4.78 is 4.90. The van der Waals surface area contributed by atoms with Gasteiger partial charge in [0.25, 0.3) is 0 Å². The third-order valence-electron chi connectivity index (χ3n) is 3.22. The number of hydrogen-bond acceptors (Lipinski definition) is 4. The molecule has 0 bridgehead atoms. The van der Waals surface area contributed by atoms with E-state index in [0.29, 0.717) is 0 Å². The predicted molar refractivity (Wildman–Crippen MR) is 63.2 cm³/mol. The van der Waals surface area contributed by atoms with Crippen molar-refractivity contribution in [3.8, 4) is 0 Å². The van der Waals surface area contributed by atoms with Crippen LogP contribution in [0.4, 0.5) is 4.79 Å². The second kappa shape index (κ2) is 4.88. The van der Waals surface area contributed by atoms with Gasteiger partial charge in [0, 0.05) is 5.41 Å². The lowest BCUT2D eigenvalue weighted by Gasteiger charge is -2.44. The zero-order valence-electron chi connectivity index (χ0n) is 10.7. The predicted octanol–water partition coefficient (Wildman–Crippen LogP) is 2.00. The number of amides is 1. The fourth-order valence-corrected chi connectivity index (χ4v) is 3.10. The molecule has 2 N–H and O–H groups in total. The van der Waals surface area contributed by atoms with Crippen molar-refractivity contribution in [3.63, 3.8) is 0 Å². The number of carbonyl (C=O) groups excluding carboxylic acids is 2. The molecule has 5 heteroatoms. The molecule has 96 valence electrons. The van der Waals surface area contributed by atoms with Crippen LogP contribution in [0.1, 0.15) is 40.0 Å². The van der Waals surface area contributed by atoms with Crippen molar-refractivity contribution in [1.29, 1.82) is 0 Å². The average molecular weight is 240 g/mol. The van der Waals surface area contributed by atoms with Crippen LogP contribution >= 0.6 is 0 Å². The Morgan fingerprint density at radius 2 is 2.12 bits per heavy atom. The van der Waals surface area contributed by atoms with Gasteiger partial charge in [-0.25, -0.2) is 14.6 Å². The lowest BCUT2D eigenvalue weighted by atomic mass is 9.63. The van der Waals surface area contributed by atoms with Crippen LogP contribution in [0.15, 0.2) is 4.99 Å². The minimum absolute atomic E-state index is 0.0438. The molecule has 1 aliphatic rings. The molecule has 0 saturated heterocycles. The van der Waals surface area contributed by atoms with Crippen LogP contribution in [0.25, 0.3) is 0 Å². The number of aliphatic imine (C=N–C) groups is 1. The molecule has 1 amide bonds. The van der Waals surface area contributed by atoms with Gasteiger partial charge in [-0.3, -0.25) is 0 Å². The highest BCUT2D eigenvalue weighted by Crippen LogP contribution is 2.47. The van der Waals surface area contributed by atoms with Crippen molar-refractivity contribution in [2.24, 2.45) is 21.6 Å². The Morgan fingerprint density at radius 1 is 1.47 bits per heavy atom. The Morgan fingerprint density at radius 3 is 2.65 bits per heavy atom. The summed E-state index contributed by atoms with van der Waals surface area (Å²) in [5, 5.41) is 0. The molecule has 1 rings (SSSR count). The first-order chi connectivity index (χ1) is 7.76. The summed E-state index contributed by atoms with van der Waals surface area (Å²) >= 11 is 0. The van der Waals surface area contributed by atoms with Crippen LogP contribution in [-0.4, -0.2) is 24.8 Å². The van der Waals surface area contributed by atoms with E-state index in [1.165, 1.54) is 0 Å². The minimum Gasteiger partial charge on any atom is -0.449 e. The van der Waals surface area contributed by atoms with Gasteiger partial charge in [-0.2, -0.15) is 0 Å². The molecule has 2 atom stereocenters. The second-order valence-electron chi connectivity index (χ2n) is 6.04. The zero-order valence-corrected chi connectivity index (χ0v) is 10.7. The summed E-state index contributed by atoms with van der Waals surface area (Å²) in [6, 6.07) is -0.0438. The lowest BCUT2D eigenvalue weighted by molar-refractivity contribution is 0.0212. The van der Waals surface area contributed by atoms with E-state index in [4.69, 9.17) is 10.5 Å². The van der Waals surface area contributed by atoms with Crippen molar-refractivity contribution >= 4 is 12.2 Å². The molecule has 0 aromatic rings. The van der Waals surface area contributed by atoms with Crippen LogP contribution in [0.5, 0.6) is 0 Å². The van der Waals surface area contributed by atoms with Crippen LogP contribution in [0.3, 0.4) is 0 Å². The van der Waals surface area contributed by atoms with E-state index in [9.17, 15) is 9.59 Å². The Hall–Kier alpha value is -1.35. The molecule has 0 spiro atoms. The molecule has 0 aromatic heterocycles. The van der Waals surface area contributed by atoms with E-state index in [1.807, 2.05) is 6.92 Å². The van der Waals surface area contributed by atoms with Gasteiger partial charge in [0.2, 0.25) is 6.08 Å². The molecule has 0 heterocycles. The van der Waals surface area contributed by atoms with E-state index >= 15 is 0 Å². The largest absolute Gasteiger partial charge is 0.449 e. The van der Waals surface area contributed by atoms with Gasteiger partial charge < -0.3 is 10.5 Å². The molecule has 5 nitrogen and oxygen atoms in total. The molecule has 0 radical (unpaired) electrons. The van der Waals surface area contributed by atoms with Crippen molar-refractivity contribution in [1.82, 2.24) is 0 Å². The smallest absolute Gasteiger partial charge is 0.404 e. The summed E-state index contributed by atoms with van der Waals surface area (Å²) in [7, 11) is 0. The molecule has 1 saturated carbocycles. The number of carbonyl (C=O) groups is 1. The van der Waals surface area contributed by atoms with E-state index in [2.05, 4.69) is 18.8 Å². The van der Waals surface area contributed by atoms with Crippen LogP contribution in [-0.2, 0) is 9.53 Å². The molecular formula is C12H20N2O3. The Balaban J connectivity index is 2.76. The number of nitrogens with two attached hydrogens (primary N) is 1. The minimum atomic E-state index is -0.759. The SMILES string of the molecule is CC1(C)CC(N=C=O)CC(C)(COC(N)=O)C1. The van der Waals surface area contributed by atoms with Gasteiger partial charge in [0.05, 0.1) is 12.6 Å². The van der Waals surface area contributed by atoms with Gasteiger partial charge in [0.1, 0.15) is 0 Å². The first-order valence-corrected chi connectivity index (χ1v) is 5.76. The summed E-state index contributed by atoms with van der Waals surface area (Å²) in [4.78, 5) is 24.9. The highest BCUT2D eigenvalue weighted by molar-refractivity contribution is 5.64. The molecular weight excluding hydrogens is 220 g/mol. The number of hydrogen-bond donors (Lipinski definition) is 1. The van der Waals surface area contributed by atoms with E-state index in [1.54, 1.807) is 6.08 Å². The van der Waals surface area contributed by atoms with Crippen molar-refractivity contribution in [2.75, 3.05) is 6.61 Å². The highest BCUT2D eigenvalue weighted by Gasteiger charge is 2.42. The number of nitrogens with zero attached hydrogens (tertiary/aromatic N) is 1. The highest BCUT2D eigenvalue weighted by atomic mass is 16.5. The van der Waals surface area contributed by atoms with Gasteiger partial charge in [-0.15, -0.1) is 0 Å². The fourth-order valence-electron chi connectivity index (χ4n) is 3.10. The normalized spacial score (nSPS) is 31.4. The van der Waals surface area contributed by atoms with Gasteiger partial charge >= 0.3 is 6.09 Å². The first-order valence-electron chi connectivity index (χ1n) is 5.76. The van der Waals surface area contributed by atoms with Crippen LogP contribution in [0, 0.1) is 10.8 Å². The number of rotatable bonds is 3.